The molecule has 0 fully saturated rings. The minimum Gasteiger partial charge on any atom is -0.480 e. The Morgan fingerprint density at radius 3 is 2.41 bits per heavy atom. The van der Waals surface area contributed by atoms with Crippen LogP contribution in [-0.4, -0.2) is 67.9 Å². The van der Waals surface area contributed by atoms with E-state index in [9.17, 15) is 14.4 Å². The minimum absolute atomic E-state index is 0.0613. The molecular weight excluding hydrogens is 358 g/mol. The van der Waals surface area contributed by atoms with E-state index in [1.807, 2.05) is 6.92 Å². The topological polar surface area (TPSA) is 163 Å². The fourth-order valence-corrected chi connectivity index (χ4v) is 1.96. The van der Waals surface area contributed by atoms with E-state index in [0.29, 0.717) is 19.6 Å². The smallest absolute Gasteiger partial charge is 0.322 e. The van der Waals surface area contributed by atoms with Crippen molar-refractivity contribution in [2.45, 2.75) is 45.7 Å². The molecule has 11 heteroatoms. The monoisotopic (exact) mass is 387 g/mol. The van der Waals surface area contributed by atoms with Crippen molar-refractivity contribution >= 4 is 17.8 Å². The Hall–Kier alpha value is -2.36. The van der Waals surface area contributed by atoms with Crippen LogP contribution in [0.4, 0.5) is 0 Å². The van der Waals surface area contributed by atoms with Crippen LogP contribution in [0.15, 0.2) is 5.11 Å². The summed E-state index contributed by atoms with van der Waals surface area (Å²) >= 11 is 0. The maximum absolute atomic E-state index is 11.9. The van der Waals surface area contributed by atoms with Crippen molar-refractivity contribution in [2.75, 3.05) is 33.0 Å². The molecule has 0 rings (SSSR count). The summed E-state index contributed by atoms with van der Waals surface area (Å²) in [5.41, 5.74) is 8.37. The van der Waals surface area contributed by atoms with Crippen LogP contribution in [0.5, 0.6) is 0 Å². The average molecular weight is 387 g/mol. The predicted molar refractivity (Wildman–Crippen MR) is 96.9 cm³/mol. The van der Waals surface area contributed by atoms with Gasteiger partial charge in [0.05, 0.1) is 32.5 Å². The molecule has 1 unspecified atom stereocenters. The molecule has 2 atom stereocenters. The van der Waals surface area contributed by atoms with Crippen LogP contribution in [0.1, 0.15) is 33.6 Å². The summed E-state index contributed by atoms with van der Waals surface area (Å²) in [5.74, 6) is -2.26. The first-order valence-electron chi connectivity index (χ1n) is 8.80. The normalized spacial score (nSPS) is 12.7. The van der Waals surface area contributed by atoms with Gasteiger partial charge in [0.2, 0.25) is 11.8 Å². The highest BCUT2D eigenvalue weighted by molar-refractivity contribution is 5.89. The van der Waals surface area contributed by atoms with Gasteiger partial charge in [-0.15, -0.1) is 0 Å². The molecule has 0 aromatic rings. The van der Waals surface area contributed by atoms with Crippen LogP contribution in [0.25, 0.3) is 10.4 Å². The van der Waals surface area contributed by atoms with E-state index < -0.39 is 24.5 Å². The van der Waals surface area contributed by atoms with Crippen LogP contribution < -0.4 is 10.6 Å². The Bertz CT molecular complexity index is 521. The van der Waals surface area contributed by atoms with E-state index in [-0.39, 0.29) is 37.5 Å². The molecule has 154 valence electrons. The van der Waals surface area contributed by atoms with Gasteiger partial charge in [-0.1, -0.05) is 25.9 Å². The van der Waals surface area contributed by atoms with Gasteiger partial charge in [-0.25, -0.2) is 0 Å². The maximum atomic E-state index is 11.9. The highest BCUT2D eigenvalue weighted by Gasteiger charge is 2.24. The SMILES string of the molecule is CCC(COCCOCCC(=O)N[C@H](C(=O)NCC(=O)O)C(C)C)N=[N+]=[N-]. The number of carboxylic acids is 1. The summed E-state index contributed by atoms with van der Waals surface area (Å²) in [6.45, 7) is 5.95. The number of nitrogens with one attached hydrogen (secondary N) is 2. The van der Waals surface area contributed by atoms with Crippen LogP contribution in [-0.2, 0) is 23.9 Å². The van der Waals surface area contributed by atoms with Gasteiger partial charge in [0.15, 0.2) is 0 Å². The zero-order valence-electron chi connectivity index (χ0n) is 16.0. The summed E-state index contributed by atoms with van der Waals surface area (Å²) in [6, 6.07) is -1.02. The lowest BCUT2D eigenvalue weighted by Gasteiger charge is -2.21. The summed E-state index contributed by atoms with van der Waals surface area (Å²) in [6.07, 6.45) is 0.744. The van der Waals surface area contributed by atoms with Gasteiger partial charge in [0.1, 0.15) is 12.6 Å². The molecule has 0 heterocycles. The standard InChI is InChI=1S/C16H29N5O6/c1-4-12(20-21-17)10-27-8-7-26-6-5-13(22)19-15(11(2)3)16(25)18-9-14(23)24/h11-12,15H,4-10H2,1-3H3,(H,18,25)(H,19,22)(H,23,24)/t12?,15-/m0/s1. The number of azide groups is 1. The molecule has 27 heavy (non-hydrogen) atoms. The van der Waals surface area contributed by atoms with Gasteiger partial charge in [-0.05, 0) is 17.9 Å². The zero-order valence-corrected chi connectivity index (χ0v) is 16.0. The minimum atomic E-state index is -1.16. The van der Waals surface area contributed by atoms with Crippen LogP contribution in [0.2, 0.25) is 0 Å². The third kappa shape index (κ3) is 12.6. The van der Waals surface area contributed by atoms with Crippen molar-refractivity contribution in [2.24, 2.45) is 11.0 Å². The first-order valence-corrected chi connectivity index (χ1v) is 8.80. The van der Waals surface area contributed by atoms with E-state index in [4.69, 9.17) is 20.1 Å². The molecule has 0 aliphatic carbocycles. The summed E-state index contributed by atoms with van der Waals surface area (Å²) in [7, 11) is 0. The number of ether oxygens (including phenoxy) is 2. The van der Waals surface area contributed by atoms with Crippen molar-refractivity contribution < 1.29 is 29.0 Å². The molecular formula is C16H29N5O6. The van der Waals surface area contributed by atoms with E-state index in [1.54, 1.807) is 13.8 Å². The largest absolute Gasteiger partial charge is 0.480 e. The zero-order chi connectivity index (χ0) is 20.7. The number of carboxylic acid groups (broad SMARTS) is 1. The van der Waals surface area contributed by atoms with Gasteiger partial charge >= 0.3 is 5.97 Å². The predicted octanol–water partition coefficient (Wildman–Crippen LogP) is 0.840. The van der Waals surface area contributed by atoms with Crippen LogP contribution in [0.3, 0.4) is 0 Å². The number of rotatable bonds is 15. The van der Waals surface area contributed by atoms with Crippen LogP contribution >= 0.6 is 0 Å². The van der Waals surface area contributed by atoms with Crippen molar-refractivity contribution in [1.29, 1.82) is 0 Å². The Balaban J connectivity index is 4.00. The van der Waals surface area contributed by atoms with Crippen molar-refractivity contribution in [3.8, 4) is 0 Å². The molecule has 0 aliphatic rings. The summed E-state index contributed by atoms with van der Waals surface area (Å²) in [4.78, 5) is 37.1. The molecule has 0 saturated heterocycles. The Kier molecular flexibility index (Phi) is 13.5. The molecule has 0 bridgehead atoms. The molecule has 11 nitrogen and oxygen atoms in total. The highest BCUT2D eigenvalue weighted by atomic mass is 16.5. The highest BCUT2D eigenvalue weighted by Crippen LogP contribution is 2.02. The Morgan fingerprint density at radius 2 is 1.85 bits per heavy atom. The second kappa shape index (κ2) is 14.8. The molecule has 0 saturated carbocycles. The van der Waals surface area contributed by atoms with E-state index in [2.05, 4.69) is 20.7 Å². The fraction of sp³-hybridized carbons (Fsp3) is 0.812. The first-order chi connectivity index (χ1) is 12.8. The molecule has 2 amide bonds. The molecule has 3 N–H and O–H groups in total. The fourth-order valence-electron chi connectivity index (χ4n) is 1.96. The maximum Gasteiger partial charge on any atom is 0.322 e. The number of carbonyl (C=O) groups excluding carboxylic acids is 2. The molecule has 0 radical (unpaired) electrons. The lowest BCUT2D eigenvalue weighted by molar-refractivity contribution is -0.138. The summed E-state index contributed by atoms with van der Waals surface area (Å²) < 4.78 is 10.6. The van der Waals surface area contributed by atoms with Crippen molar-refractivity contribution in [3.05, 3.63) is 10.4 Å². The third-order valence-electron chi connectivity index (χ3n) is 3.52. The Morgan fingerprint density at radius 1 is 1.19 bits per heavy atom. The third-order valence-corrected chi connectivity index (χ3v) is 3.52. The average Bonchev–Trinajstić information content (AvgIpc) is 2.62. The Labute approximate surface area is 158 Å². The molecule has 0 aromatic carbocycles. The molecule has 0 aromatic heterocycles. The second-order valence-electron chi connectivity index (χ2n) is 6.11. The first kappa shape index (κ1) is 24.6. The number of aliphatic carboxylic acids is 1. The van der Waals surface area contributed by atoms with Gasteiger partial charge < -0.3 is 25.2 Å². The quantitative estimate of drug-likeness (QED) is 0.163. The lowest BCUT2D eigenvalue weighted by Crippen LogP contribution is -2.50. The van der Waals surface area contributed by atoms with E-state index >= 15 is 0 Å². The van der Waals surface area contributed by atoms with Gasteiger partial charge in [-0.3, -0.25) is 14.4 Å². The van der Waals surface area contributed by atoms with Crippen molar-refractivity contribution in [1.82, 2.24) is 10.6 Å². The van der Waals surface area contributed by atoms with E-state index in [1.165, 1.54) is 0 Å². The molecule has 0 aliphatic heterocycles. The van der Waals surface area contributed by atoms with Crippen molar-refractivity contribution in [3.63, 3.8) is 0 Å². The van der Waals surface area contributed by atoms with Crippen LogP contribution in [0, 0.1) is 5.92 Å². The van der Waals surface area contributed by atoms with Gasteiger partial charge in [0, 0.05) is 11.3 Å². The number of carbonyl (C=O) groups is 3. The lowest BCUT2D eigenvalue weighted by atomic mass is 10.0. The van der Waals surface area contributed by atoms with Gasteiger partial charge in [-0.2, -0.15) is 0 Å². The number of hydrogen-bond acceptors (Lipinski definition) is 6. The molecule has 0 spiro atoms. The number of hydrogen-bond donors (Lipinski definition) is 3. The van der Waals surface area contributed by atoms with E-state index in [0.717, 1.165) is 0 Å². The summed E-state index contributed by atoms with van der Waals surface area (Å²) in [5, 5.41) is 17.0. The number of nitrogens with zero attached hydrogens (tertiary/aromatic N) is 3. The second-order valence-corrected chi connectivity index (χ2v) is 6.11. The van der Waals surface area contributed by atoms with Gasteiger partial charge in [0.25, 0.3) is 0 Å². The number of amides is 2.